The van der Waals surface area contributed by atoms with Crippen molar-refractivity contribution in [3.05, 3.63) is 99.5 Å². The lowest BCUT2D eigenvalue weighted by atomic mass is 9.92. The molecule has 8 heteroatoms. The zero-order chi connectivity index (χ0) is 27.9. The molecule has 2 saturated carbocycles. The van der Waals surface area contributed by atoms with Crippen molar-refractivity contribution >= 4 is 17.6 Å². The van der Waals surface area contributed by atoms with Crippen molar-refractivity contribution < 1.29 is 18.8 Å². The number of rotatable bonds is 9. The standard InChI is InChI=1S/C32H28ClN3O4/c1-3-38-31(37)21-12-22(16-35-15-21)32(18-34)14-27(32)25-11-10-23(13-28(25)33)39-17-26-29(24-7-5-4-6-19(24)2)36-40-30(26)20-8-9-20/h4-7,10-13,15-16,20,27H,3,8-9,14,17H2,1-2H3. The van der Waals surface area contributed by atoms with E-state index in [0.29, 0.717) is 40.8 Å². The SMILES string of the molecule is CCOC(=O)c1cncc(C2(C#N)CC2c2ccc(OCc3c(-c4ccccc4C)noc3C3CC3)cc2Cl)c1. The molecule has 0 aliphatic heterocycles. The van der Waals surface area contributed by atoms with Gasteiger partial charge in [0.2, 0.25) is 0 Å². The van der Waals surface area contributed by atoms with Gasteiger partial charge in [0, 0.05) is 34.8 Å². The molecule has 2 aromatic heterocycles. The number of aryl methyl sites for hydroxylation is 1. The van der Waals surface area contributed by atoms with E-state index in [0.717, 1.165) is 46.5 Å². The molecule has 202 valence electrons. The summed E-state index contributed by atoms with van der Waals surface area (Å²) in [5, 5.41) is 15.1. The number of nitriles is 1. The molecule has 40 heavy (non-hydrogen) atoms. The van der Waals surface area contributed by atoms with Gasteiger partial charge < -0.3 is 14.0 Å². The van der Waals surface area contributed by atoms with E-state index in [1.807, 2.05) is 30.3 Å². The van der Waals surface area contributed by atoms with Gasteiger partial charge >= 0.3 is 5.97 Å². The maximum Gasteiger partial charge on any atom is 0.339 e. The van der Waals surface area contributed by atoms with Crippen LogP contribution in [0, 0.1) is 18.3 Å². The Labute approximate surface area is 237 Å². The van der Waals surface area contributed by atoms with Crippen LogP contribution < -0.4 is 4.74 Å². The molecular weight excluding hydrogens is 526 g/mol. The third-order valence-electron chi connectivity index (χ3n) is 7.82. The molecule has 2 aliphatic carbocycles. The second kappa shape index (κ2) is 10.4. The molecule has 7 nitrogen and oxygen atoms in total. The van der Waals surface area contributed by atoms with E-state index < -0.39 is 11.4 Å². The Bertz CT molecular complexity index is 1640. The van der Waals surface area contributed by atoms with Crippen LogP contribution in [0.5, 0.6) is 5.75 Å². The van der Waals surface area contributed by atoms with Crippen LogP contribution in [0.1, 0.15) is 76.4 Å². The van der Waals surface area contributed by atoms with E-state index in [-0.39, 0.29) is 12.5 Å². The summed E-state index contributed by atoms with van der Waals surface area (Å²) in [5.41, 5.74) is 5.03. The molecule has 4 aromatic rings. The van der Waals surface area contributed by atoms with Crippen molar-refractivity contribution in [3.63, 3.8) is 0 Å². The number of esters is 1. The van der Waals surface area contributed by atoms with E-state index in [1.165, 1.54) is 6.20 Å². The van der Waals surface area contributed by atoms with Crippen LogP contribution in [0.3, 0.4) is 0 Å². The van der Waals surface area contributed by atoms with E-state index in [4.69, 9.17) is 25.6 Å². The van der Waals surface area contributed by atoms with E-state index in [2.05, 4.69) is 29.2 Å². The van der Waals surface area contributed by atoms with Gasteiger partial charge in [0.05, 0.1) is 29.2 Å². The average molecular weight is 554 g/mol. The zero-order valence-corrected chi connectivity index (χ0v) is 23.1. The molecule has 2 unspecified atom stereocenters. The van der Waals surface area contributed by atoms with Crippen LogP contribution in [-0.2, 0) is 16.8 Å². The van der Waals surface area contributed by atoms with Crippen molar-refractivity contribution in [1.29, 1.82) is 5.26 Å². The first-order valence-electron chi connectivity index (χ1n) is 13.5. The summed E-state index contributed by atoms with van der Waals surface area (Å²) in [6, 6.07) is 17.9. The monoisotopic (exact) mass is 553 g/mol. The normalized spacial score (nSPS) is 19.6. The first-order chi connectivity index (χ1) is 19.4. The fraction of sp³-hybridized carbons (Fsp3) is 0.312. The zero-order valence-electron chi connectivity index (χ0n) is 22.3. The molecule has 2 aliphatic rings. The molecule has 0 spiro atoms. The first-order valence-corrected chi connectivity index (χ1v) is 13.8. The third-order valence-corrected chi connectivity index (χ3v) is 8.15. The predicted molar refractivity (Wildman–Crippen MR) is 149 cm³/mol. The van der Waals surface area contributed by atoms with Gasteiger partial charge in [0.15, 0.2) is 0 Å². The number of hydrogen-bond acceptors (Lipinski definition) is 7. The summed E-state index contributed by atoms with van der Waals surface area (Å²) in [6.45, 7) is 4.39. The summed E-state index contributed by atoms with van der Waals surface area (Å²) in [7, 11) is 0. The molecule has 0 amide bonds. The maximum absolute atomic E-state index is 12.2. The number of ether oxygens (including phenoxy) is 2. The van der Waals surface area contributed by atoms with Crippen LogP contribution in [0.25, 0.3) is 11.3 Å². The lowest BCUT2D eigenvalue weighted by Gasteiger charge is -2.13. The highest BCUT2D eigenvalue weighted by atomic mass is 35.5. The molecule has 2 atom stereocenters. The number of hydrogen-bond donors (Lipinski definition) is 0. The molecule has 2 fully saturated rings. The van der Waals surface area contributed by atoms with E-state index in [1.54, 1.807) is 25.3 Å². The largest absolute Gasteiger partial charge is 0.489 e. The summed E-state index contributed by atoms with van der Waals surface area (Å²) in [6.07, 6.45) is 5.87. The maximum atomic E-state index is 12.2. The van der Waals surface area contributed by atoms with Gasteiger partial charge in [0.1, 0.15) is 23.8 Å². The first kappa shape index (κ1) is 26.1. The minimum atomic E-state index is -0.800. The van der Waals surface area contributed by atoms with Crippen LogP contribution in [0.15, 0.2) is 65.4 Å². The number of nitrogens with zero attached hydrogens (tertiary/aromatic N) is 3. The number of carbonyl (C=O) groups excluding carboxylic acids is 1. The number of halogens is 1. The molecule has 0 N–H and O–H groups in total. The highest BCUT2D eigenvalue weighted by molar-refractivity contribution is 6.31. The highest BCUT2D eigenvalue weighted by Crippen LogP contribution is 2.61. The Kier molecular flexibility index (Phi) is 6.81. The van der Waals surface area contributed by atoms with Gasteiger partial charge in [-0.1, -0.05) is 47.1 Å². The average Bonchev–Trinajstić information content (AvgIpc) is 3.90. The van der Waals surface area contributed by atoms with E-state index >= 15 is 0 Å². The highest BCUT2D eigenvalue weighted by Gasteiger charge is 2.58. The van der Waals surface area contributed by atoms with Gasteiger partial charge in [-0.2, -0.15) is 5.26 Å². The second-order valence-corrected chi connectivity index (χ2v) is 10.9. The van der Waals surface area contributed by atoms with Gasteiger partial charge in [0.25, 0.3) is 0 Å². The Balaban J connectivity index is 1.22. The van der Waals surface area contributed by atoms with Gasteiger partial charge in [-0.25, -0.2) is 4.79 Å². The molecule has 0 saturated heterocycles. The van der Waals surface area contributed by atoms with E-state index in [9.17, 15) is 10.1 Å². The minimum Gasteiger partial charge on any atom is -0.489 e. The number of carbonyl (C=O) groups is 1. The Morgan fingerprint density at radius 1 is 1.20 bits per heavy atom. The summed E-state index contributed by atoms with van der Waals surface area (Å²) < 4.78 is 17.1. The van der Waals surface area contributed by atoms with Gasteiger partial charge in [-0.15, -0.1) is 0 Å². The molecule has 6 rings (SSSR count). The molecular formula is C32H28ClN3O4. The van der Waals surface area contributed by atoms with Crippen molar-refractivity contribution in [2.24, 2.45) is 0 Å². The number of aromatic nitrogens is 2. The second-order valence-electron chi connectivity index (χ2n) is 10.5. The Hall–Kier alpha value is -4.15. The quantitative estimate of drug-likeness (QED) is 0.201. The Morgan fingerprint density at radius 3 is 2.75 bits per heavy atom. The Morgan fingerprint density at radius 2 is 2.02 bits per heavy atom. The molecule has 2 aromatic carbocycles. The van der Waals surface area contributed by atoms with Crippen LogP contribution >= 0.6 is 11.6 Å². The van der Waals surface area contributed by atoms with Crippen LogP contribution in [-0.4, -0.2) is 22.7 Å². The lowest BCUT2D eigenvalue weighted by Crippen LogP contribution is -2.11. The molecule has 0 radical (unpaired) electrons. The predicted octanol–water partition coefficient (Wildman–Crippen LogP) is 7.28. The summed E-state index contributed by atoms with van der Waals surface area (Å²) in [4.78, 5) is 16.4. The molecule has 2 heterocycles. The molecule has 0 bridgehead atoms. The third kappa shape index (κ3) is 4.73. The van der Waals surface area contributed by atoms with Crippen molar-refractivity contribution in [3.8, 4) is 23.1 Å². The topological polar surface area (TPSA) is 98.2 Å². The fourth-order valence-corrected chi connectivity index (χ4v) is 5.67. The lowest BCUT2D eigenvalue weighted by molar-refractivity contribution is 0.0525. The van der Waals surface area contributed by atoms with Gasteiger partial charge in [-0.05, 0) is 68.0 Å². The smallest absolute Gasteiger partial charge is 0.339 e. The van der Waals surface area contributed by atoms with Crippen molar-refractivity contribution in [2.75, 3.05) is 6.61 Å². The number of benzene rings is 2. The minimum absolute atomic E-state index is 0.120. The summed E-state index contributed by atoms with van der Waals surface area (Å²) >= 11 is 6.75. The number of pyridine rings is 1. The van der Waals surface area contributed by atoms with Crippen molar-refractivity contribution in [2.45, 2.75) is 57.0 Å². The van der Waals surface area contributed by atoms with Crippen LogP contribution in [0.2, 0.25) is 5.02 Å². The van der Waals surface area contributed by atoms with Gasteiger partial charge in [-0.3, -0.25) is 4.98 Å². The van der Waals surface area contributed by atoms with Crippen molar-refractivity contribution in [1.82, 2.24) is 10.1 Å². The fourth-order valence-electron chi connectivity index (χ4n) is 5.37. The summed E-state index contributed by atoms with van der Waals surface area (Å²) in [5.74, 6) is 1.34. The van der Waals surface area contributed by atoms with Crippen LogP contribution in [0.4, 0.5) is 0 Å².